The Hall–Kier alpha value is -2.91. The van der Waals surface area contributed by atoms with Crippen molar-refractivity contribution >= 4 is 45.6 Å². The molecule has 2 aromatic heterocycles. The van der Waals surface area contributed by atoms with Gasteiger partial charge in [-0.25, -0.2) is 9.78 Å². The van der Waals surface area contributed by atoms with E-state index in [0.717, 1.165) is 71.8 Å². The molecule has 4 aromatic rings. The zero-order valence-corrected chi connectivity index (χ0v) is 22.6. The Bertz CT molecular complexity index is 1390. The molecule has 1 saturated heterocycles. The summed E-state index contributed by atoms with van der Waals surface area (Å²) in [6, 6.07) is 13.6. The summed E-state index contributed by atoms with van der Waals surface area (Å²) >= 11 is 7.89. The number of carbonyl (C=O) groups excluding carboxylic acids is 1. The molecule has 0 bridgehead atoms. The van der Waals surface area contributed by atoms with Gasteiger partial charge in [0.2, 0.25) is 0 Å². The van der Waals surface area contributed by atoms with Crippen molar-refractivity contribution in [2.24, 2.45) is 0 Å². The standard InChI is InChI=1S/C28H31ClN4O3S/c1-3-33-16-25(31-28(35)36-18(2)22-6-4-5-7-24(22)29)23-14-19(8-9-26(23)33)27-30-20(17-37-27)15-32-12-10-21(34)11-13-32/h4-9,14,16-18,21,34H,3,10-13,15H2,1-2H3,(H,31,35)/t18-/m1/s1. The summed E-state index contributed by atoms with van der Waals surface area (Å²) in [6.45, 7) is 7.23. The number of fused-ring (bicyclic) bond motifs is 1. The van der Waals surface area contributed by atoms with Gasteiger partial charge >= 0.3 is 6.09 Å². The van der Waals surface area contributed by atoms with Crippen LogP contribution in [0.1, 0.15) is 44.1 Å². The van der Waals surface area contributed by atoms with Crippen molar-refractivity contribution in [1.29, 1.82) is 0 Å². The summed E-state index contributed by atoms with van der Waals surface area (Å²) in [4.78, 5) is 20.0. The number of anilines is 1. The van der Waals surface area contributed by atoms with Gasteiger partial charge in [0.25, 0.3) is 0 Å². The number of rotatable bonds is 7. The van der Waals surface area contributed by atoms with Crippen LogP contribution in [-0.4, -0.2) is 44.8 Å². The van der Waals surface area contributed by atoms with Crippen molar-refractivity contribution in [2.45, 2.75) is 52.0 Å². The largest absolute Gasteiger partial charge is 0.441 e. The number of aromatic nitrogens is 2. The van der Waals surface area contributed by atoms with Crippen molar-refractivity contribution in [2.75, 3.05) is 18.4 Å². The number of likely N-dealkylation sites (tertiary alicyclic amines) is 1. The summed E-state index contributed by atoms with van der Waals surface area (Å²) < 4.78 is 7.74. The minimum atomic E-state index is -0.531. The lowest BCUT2D eigenvalue weighted by molar-refractivity contribution is 0.0787. The second-order valence-corrected chi connectivity index (χ2v) is 10.7. The number of carbonyl (C=O) groups is 1. The van der Waals surface area contributed by atoms with Crippen LogP contribution in [0.4, 0.5) is 10.5 Å². The average molecular weight is 539 g/mol. The SMILES string of the molecule is CCn1cc(NC(=O)O[C@H](C)c2ccccc2Cl)c2cc(-c3nc(CN4CCC(O)CC4)cs3)ccc21. The molecule has 37 heavy (non-hydrogen) atoms. The Morgan fingerprint density at radius 3 is 2.81 bits per heavy atom. The molecule has 2 aromatic carbocycles. The Kier molecular flexibility index (Phi) is 7.81. The van der Waals surface area contributed by atoms with Crippen molar-refractivity contribution in [3.05, 3.63) is 70.3 Å². The Balaban J connectivity index is 1.34. The third-order valence-corrected chi connectivity index (χ3v) is 8.11. The van der Waals surface area contributed by atoms with Crippen LogP contribution in [0.15, 0.2) is 54.0 Å². The quantitative estimate of drug-likeness (QED) is 0.273. The predicted molar refractivity (Wildman–Crippen MR) is 149 cm³/mol. The zero-order valence-electron chi connectivity index (χ0n) is 21.0. The number of nitrogens with one attached hydrogen (secondary N) is 1. The maximum absolute atomic E-state index is 12.8. The summed E-state index contributed by atoms with van der Waals surface area (Å²) in [7, 11) is 0. The first kappa shape index (κ1) is 25.7. The Labute approximate surface area is 225 Å². The smallest absolute Gasteiger partial charge is 0.412 e. The van der Waals surface area contributed by atoms with Crippen LogP contribution in [0.25, 0.3) is 21.5 Å². The fraction of sp³-hybridized carbons (Fsp3) is 0.357. The van der Waals surface area contributed by atoms with Crippen LogP contribution in [0.5, 0.6) is 0 Å². The number of amides is 1. The van der Waals surface area contributed by atoms with Gasteiger partial charge in [-0.3, -0.25) is 10.2 Å². The van der Waals surface area contributed by atoms with Gasteiger partial charge in [-0.1, -0.05) is 29.8 Å². The van der Waals surface area contributed by atoms with Crippen molar-refractivity contribution in [1.82, 2.24) is 14.5 Å². The van der Waals surface area contributed by atoms with E-state index in [-0.39, 0.29) is 6.10 Å². The third kappa shape index (κ3) is 5.83. The van der Waals surface area contributed by atoms with Crippen LogP contribution in [0.3, 0.4) is 0 Å². The highest BCUT2D eigenvalue weighted by atomic mass is 35.5. The number of hydrogen-bond acceptors (Lipinski definition) is 6. The molecular formula is C28H31ClN4O3S. The van der Waals surface area contributed by atoms with E-state index in [1.54, 1.807) is 24.3 Å². The van der Waals surface area contributed by atoms with Gasteiger partial charge in [-0.15, -0.1) is 11.3 Å². The van der Waals surface area contributed by atoms with Gasteiger partial charge in [0, 0.05) is 59.3 Å². The van der Waals surface area contributed by atoms with Crippen LogP contribution in [-0.2, 0) is 17.8 Å². The van der Waals surface area contributed by atoms with Crippen LogP contribution < -0.4 is 5.32 Å². The van der Waals surface area contributed by atoms with E-state index in [4.69, 9.17) is 21.3 Å². The molecular weight excluding hydrogens is 508 g/mol. The van der Waals surface area contributed by atoms with Gasteiger partial charge in [-0.05, 0) is 51.0 Å². The molecule has 0 radical (unpaired) electrons. The zero-order chi connectivity index (χ0) is 25.9. The highest BCUT2D eigenvalue weighted by Gasteiger charge is 2.19. The van der Waals surface area contributed by atoms with Gasteiger partial charge in [0.1, 0.15) is 11.1 Å². The van der Waals surface area contributed by atoms with E-state index < -0.39 is 12.2 Å². The molecule has 5 rings (SSSR count). The normalized spacial score (nSPS) is 15.7. The second-order valence-electron chi connectivity index (χ2n) is 9.41. The van der Waals surface area contributed by atoms with E-state index >= 15 is 0 Å². The number of benzene rings is 2. The minimum absolute atomic E-state index is 0.177. The van der Waals surface area contributed by atoms with E-state index in [9.17, 15) is 9.90 Å². The number of ether oxygens (including phenoxy) is 1. The fourth-order valence-electron chi connectivity index (χ4n) is 4.78. The molecule has 7 nitrogen and oxygen atoms in total. The van der Waals surface area contributed by atoms with Crippen LogP contribution in [0, 0.1) is 0 Å². The predicted octanol–water partition coefficient (Wildman–Crippen LogP) is 6.70. The summed E-state index contributed by atoms with van der Waals surface area (Å²) in [5, 5.41) is 17.2. The van der Waals surface area contributed by atoms with Crippen LogP contribution in [0.2, 0.25) is 5.02 Å². The van der Waals surface area contributed by atoms with E-state index in [0.29, 0.717) is 10.7 Å². The van der Waals surface area contributed by atoms with Gasteiger partial charge < -0.3 is 14.4 Å². The lowest BCUT2D eigenvalue weighted by atomic mass is 10.1. The molecule has 9 heteroatoms. The molecule has 1 aliphatic heterocycles. The first-order valence-electron chi connectivity index (χ1n) is 12.6. The van der Waals surface area contributed by atoms with Crippen molar-refractivity contribution in [3.63, 3.8) is 0 Å². The summed E-state index contributed by atoms with van der Waals surface area (Å²) in [5.41, 5.74) is 4.53. The van der Waals surface area contributed by atoms with Gasteiger partial charge in [-0.2, -0.15) is 0 Å². The molecule has 0 saturated carbocycles. The molecule has 0 aliphatic carbocycles. The number of hydrogen-bond donors (Lipinski definition) is 2. The van der Waals surface area contributed by atoms with Crippen LogP contribution >= 0.6 is 22.9 Å². The molecule has 2 N–H and O–H groups in total. The summed E-state index contributed by atoms with van der Waals surface area (Å²) in [6.07, 6.45) is 2.38. The average Bonchev–Trinajstić information content (AvgIpc) is 3.50. The van der Waals surface area contributed by atoms with Crippen molar-refractivity contribution < 1.29 is 14.6 Å². The first-order chi connectivity index (χ1) is 17.9. The van der Waals surface area contributed by atoms with Gasteiger partial charge in [0.05, 0.1) is 23.0 Å². The lowest BCUT2D eigenvalue weighted by Crippen LogP contribution is -2.35. The highest BCUT2D eigenvalue weighted by molar-refractivity contribution is 7.13. The Morgan fingerprint density at radius 2 is 2.05 bits per heavy atom. The number of aliphatic hydroxyl groups is 1. The topological polar surface area (TPSA) is 79.6 Å². The molecule has 1 fully saturated rings. The molecule has 0 spiro atoms. The third-order valence-electron chi connectivity index (χ3n) is 6.83. The second kappa shape index (κ2) is 11.2. The number of nitrogens with zero attached hydrogens (tertiary/aromatic N) is 3. The summed E-state index contributed by atoms with van der Waals surface area (Å²) in [5.74, 6) is 0. The van der Waals surface area contributed by atoms with E-state index in [2.05, 4.69) is 45.3 Å². The monoisotopic (exact) mass is 538 g/mol. The van der Waals surface area contributed by atoms with Gasteiger partial charge in [0.15, 0.2) is 0 Å². The number of halogens is 1. The maximum Gasteiger partial charge on any atom is 0.412 e. The molecule has 1 atom stereocenters. The number of aryl methyl sites for hydroxylation is 1. The van der Waals surface area contributed by atoms with Crippen molar-refractivity contribution in [3.8, 4) is 10.6 Å². The fourth-order valence-corrected chi connectivity index (χ4v) is 5.88. The number of aliphatic hydroxyl groups excluding tert-OH is 1. The molecule has 3 heterocycles. The first-order valence-corrected chi connectivity index (χ1v) is 13.9. The Morgan fingerprint density at radius 1 is 1.27 bits per heavy atom. The molecule has 194 valence electrons. The molecule has 0 unspecified atom stereocenters. The molecule has 1 aliphatic rings. The minimum Gasteiger partial charge on any atom is -0.441 e. The number of thiazole rings is 1. The maximum atomic E-state index is 12.8. The lowest BCUT2D eigenvalue weighted by Gasteiger charge is -2.28. The number of piperidine rings is 1. The van der Waals surface area contributed by atoms with E-state index in [1.165, 1.54) is 0 Å². The molecule has 1 amide bonds. The van der Waals surface area contributed by atoms with E-state index in [1.807, 2.05) is 24.4 Å². The highest BCUT2D eigenvalue weighted by Crippen LogP contribution is 2.33.